The van der Waals surface area contributed by atoms with Gasteiger partial charge in [0.15, 0.2) is 14.4 Å². The lowest BCUT2D eigenvalue weighted by Crippen LogP contribution is -2.51. The zero-order valence-corrected chi connectivity index (χ0v) is 20.5. The van der Waals surface area contributed by atoms with Crippen LogP contribution in [0.25, 0.3) is 0 Å². The van der Waals surface area contributed by atoms with Gasteiger partial charge in [0.2, 0.25) is 0 Å². The monoisotopic (exact) mass is 473 g/mol. The van der Waals surface area contributed by atoms with Crippen molar-refractivity contribution in [2.45, 2.75) is 77.4 Å². The number of alkyl carbamates (subject to hydrolysis) is 1. The molecule has 2 atom stereocenters. The number of rotatable bonds is 6. The highest BCUT2D eigenvalue weighted by molar-refractivity contribution is 9.10. The molecule has 0 radical (unpaired) electrons. The summed E-state index contributed by atoms with van der Waals surface area (Å²) in [4.78, 5) is 24.4. The van der Waals surface area contributed by atoms with Gasteiger partial charge in [-0.2, -0.15) is 0 Å². The number of ether oxygens (including phenoxy) is 1. The van der Waals surface area contributed by atoms with Gasteiger partial charge in [-0.1, -0.05) is 48.8 Å². The zero-order valence-electron chi connectivity index (χ0n) is 17.9. The third-order valence-corrected chi connectivity index (χ3v) is 9.65. The second-order valence-electron chi connectivity index (χ2n) is 9.31. The number of carbonyl (C=O) groups is 2. The van der Waals surface area contributed by atoms with Crippen LogP contribution in [0.4, 0.5) is 4.79 Å². The first-order valence-electron chi connectivity index (χ1n) is 9.19. The number of hydrogen-bond acceptors (Lipinski definition) is 4. The van der Waals surface area contributed by atoms with Crippen LogP contribution in [0.3, 0.4) is 0 Å². The largest absolute Gasteiger partial charge is 0.480 e. The first-order valence-corrected chi connectivity index (χ1v) is 12.9. The summed E-state index contributed by atoms with van der Waals surface area (Å²) >= 11 is 3.39. The molecule has 0 unspecified atom stereocenters. The van der Waals surface area contributed by atoms with E-state index in [1.165, 1.54) is 0 Å². The van der Waals surface area contributed by atoms with E-state index in [0.29, 0.717) is 5.56 Å². The van der Waals surface area contributed by atoms with Crippen molar-refractivity contribution in [3.05, 3.63) is 34.3 Å². The van der Waals surface area contributed by atoms with Crippen molar-refractivity contribution >= 4 is 36.3 Å². The minimum absolute atomic E-state index is 0.129. The molecule has 1 amide bonds. The number of benzene rings is 1. The van der Waals surface area contributed by atoms with Crippen molar-refractivity contribution in [1.82, 2.24) is 5.32 Å². The molecule has 2 N–H and O–H groups in total. The van der Waals surface area contributed by atoms with Crippen molar-refractivity contribution in [1.29, 1.82) is 0 Å². The number of hydrogen-bond donors (Lipinski definition) is 2. The van der Waals surface area contributed by atoms with Crippen LogP contribution in [0.2, 0.25) is 18.1 Å². The first-order chi connectivity index (χ1) is 12.5. The molecular weight excluding hydrogens is 442 g/mol. The smallest absolute Gasteiger partial charge is 0.408 e. The molecule has 0 aliphatic carbocycles. The van der Waals surface area contributed by atoms with Crippen molar-refractivity contribution in [3.8, 4) is 0 Å². The van der Waals surface area contributed by atoms with Gasteiger partial charge in [0.1, 0.15) is 11.7 Å². The summed E-state index contributed by atoms with van der Waals surface area (Å²) in [7, 11) is -2.34. The summed E-state index contributed by atoms with van der Waals surface area (Å²) in [6, 6.07) is 5.96. The lowest BCUT2D eigenvalue weighted by atomic mass is 10.0. The number of halogens is 1. The molecule has 0 aliphatic rings. The highest BCUT2D eigenvalue weighted by atomic mass is 79.9. The molecule has 1 aromatic rings. The maximum Gasteiger partial charge on any atom is 0.408 e. The lowest BCUT2D eigenvalue weighted by molar-refractivity contribution is -0.142. The third-order valence-electron chi connectivity index (χ3n) is 4.67. The minimum Gasteiger partial charge on any atom is -0.480 e. The van der Waals surface area contributed by atoms with Crippen LogP contribution in [0.5, 0.6) is 0 Å². The van der Waals surface area contributed by atoms with Gasteiger partial charge < -0.3 is 19.6 Å². The highest BCUT2D eigenvalue weighted by Crippen LogP contribution is 2.40. The number of carboxylic acid groups (broad SMARTS) is 1. The molecule has 0 heterocycles. The van der Waals surface area contributed by atoms with Crippen molar-refractivity contribution < 1.29 is 23.9 Å². The van der Waals surface area contributed by atoms with Gasteiger partial charge in [-0.15, -0.1) is 0 Å². The molecule has 8 heteroatoms. The molecule has 0 fully saturated rings. The minimum atomic E-state index is -2.34. The van der Waals surface area contributed by atoms with Gasteiger partial charge in [-0.05, 0) is 56.6 Å². The molecule has 0 bridgehead atoms. The fourth-order valence-electron chi connectivity index (χ4n) is 2.18. The predicted molar refractivity (Wildman–Crippen MR) is 116 cm³/mol. The Balaban J connectivity index is 3.30. The van der Waals surface area contributed by atoms with Gasteiger partial charge in [-0.25, -0.2) is 9.59 Å². The summed E-state index contributed by atoms with van der Waals surface area (Å²) < 4.78 is 12.6. The summed E-state index contributed by atoms with van der Waals surface area (Å²) in [5, 5.41) is 12.2. The fourth-order valence-corrected chi connectivity index (χ4v) is 3.70. The molecule has 28 heavy (non-hydrogen) atoms. The second kappa shape index (κ2) is 8.96. The van der Waals surface area contributed by atoms with E-state index in [9.17, 15) is 14.7 Å². The van der Waals surface area contributed by atoms with Crippen LogP contribution >= 0.6 is 15.9 Å². The molecule has 6 nitrogen and oxygen atoms in total. The summed E-state index contributed by atoms with van der Waals surface area (Å²) in [5.74, 6) is -1.18. The Morgan fingerprint density at radius 3 is 1.96 bits per heavy atom. The number of nitrogens with one attached hydrogen (secondary N) is 1. The van der Waals surface area contributed by atoms with Crippen molar-refractivity contribution in [2.75, 3.05) is 0 Å². The summed E-state index contributed by atoms with van der Waals surface area (Å²) in [6.45, 7) is 15.5. The van der Waals surface area contributed by atoms with E-state index in [1.54, 1.807) is 32.9 Å². The molecule has 0 spiro atoms. The molecule has 0 saturated carbocycles. The maximum atomic E-state index is 12.3. The normalized spacial score (nSPS) is 14.9. The Morgan fingerprint density at radius 2 is 1.57 bits per heavy atom. The van der Waals surface area contributed by atoms with E-state index in [4.69, 9.17) is 9.16 Å². The number of carbonyl (C=O) groups excluding carboxylic acids is 1. The van der Waals surface area contributed by atoms with Gasteiger partial charge in [0, 0.05) is 4.47 Å². The topological polar surface area (TPSA) is 84.9 Å². The molecule has 158 valence electrons. The standard InChI is InChI=1S/C20H32BrNO5Si/c1-19(2,3)26-18(25)22-15(17(23)24)16(13-9-11-14(21)12-10-13)27-28(7,8)20(4,5)6/h9-12,15-16H,1-8H3,(H,22,25)(H,23,24)/t15-,16-/m0/s1. The van der Waals surface area contributed by atoms with Crippen LogP contribution in [0, 0.1) is 0 Å². The fraction of sp³-hybridized carbons (Fsp3) is 0.600. The van der Waals surface area contributed by atoms with Crippen molar-refractivity contribution in [3.63, 3.8) is 0 Å². The van der Waals surface area contributed by atoms with Crippen LogP contribution in [-0.4, -0.2) is 37.1 Å². The summed E-state index contributed by atoms with van der Waals surface area (Å²) in [5.41, 5.74) is -0.0583. The number of amides is 1. The van der Waals surface area contributed by atoms with Crippen LogP contribution < -0.4 is 5.32 Å². The molecule has 0 aromatic heterocycles. The second-order valence-corrected chi connectivity index (χ2v) is 15.0. The predicted octanol–water partition coefficient (Wildman–Crippen LogP) is 5.49. The van der Waals surface area contributed by atoms with Crippen molar-refractivity contribution in [2.24, 2.45) is 0 Å². The van der Waals surface area contributed by atoms with E-state index in [2.05, 4.69) is 42.0 Å². The quantitative estimate of drug-likeness (QED) is 0.533. The number of carboxylic acids is 1. The Kier molecular flexibility index (Phi) is 7.89. The first kappa shape index (κ1) is 24.7. The van der Waals surface area contributed by atoms with Crippen LogP contribution in [0.15, 0.2) is 28.7 Å². The maximum absolute atomic E-state index is 12.3. The Bertz CT molecular complexity index is 692. The van der Waals surface area contributed by atoms with Crippen LogP contribution in [0.1, 0.15) is 53.2 Å². The average molecular weight is 474 g/mol. The Hall–Kier alpha value is -1.38. The number of aliphatic carboxylic acids is 1. The van der Waals surface area contributed by atoms with Gasteiger partial charge >= 0.3 is 12.1 Å². The van der Waals surface area contributed by atoms with E-state index < -0.39 is 38.1 Å². The SMILES string of the molecule is CC(C)(C)OC(=O)N[C@H](C(=O)O)[C@@H](O[Si](C)(C)C(C)(C)C)c1ccc(Br)cc1. The van der Waals surface area contributed by atoms with E-state index in [-0.39, 0.29) is 5.04 Å². The Labute approximate surface area is 177 Å². The third kappa shape index (κ3) is 7.22. The molecule has 1 aromatic carbocycles. The molecule has 0 saturated heterocycles. The van der Waals surface area contributed by atoms with E-state index >= 15 is 0 Å². The van der Waals surface area contributed by atoms with Crippen LogP contribution in [-0.2, 0) is 14.0 Å². The zero-order chi connectivity index (χ0) is 21.9. The Morgan fingerprint density at radius 1 is 1.07 bits per heavy atom. The van der Waals surface area contributed by atoms with Gasteiger partial charge in [0.25, 0.3) is 0 Å². The van der Waals surface area contributed by atoms with Gasteiger partial charge in [-0.3, -0.25) is 0 Å². The lowest BCUT2D eigenvalue weighted by Gasteiger charge is -2.41. The van der Waals surface area contributed by atoms with Gasteiger partial charge in [0.05, 0.1) is 0 Å². The highest BCUT2D eigenvalue weighted by Gasteiger charge is 2.43. The average Bonchev–Trinajstić information content (AvgIpc) is 2.48. The molecule has 1 rings (SSSR count). The van der Waals surface area contributed by atoms with E-state index in [0.717, 1.165) is 4.47 Å². The molecule has 0 aliphatic heterocycles. The summed E-state index contributed by atoms with van der Waals surface area (Å²) in [6.07, 6.45) is -1.64. The van der Waals surface area contributed by atoms with E-state index in [1.807, 2.05) is 25.2 Å². The molecular formula is C20H32BrNO5Si.